The van der Waals surface area contributed by atoms with E-state index in [1.807, 2.05) is 17.8 Å². The predicted octanol–water partition coefficient (Wildman–Crippen LogP) is 1.79. The molecule has 1 rings (SSSR count). The summed E-state index contributed by atoms with van der Waals surface area (Å²) in [5.74, 6) is 1.16. The van der Waals surface area contributed by atoms with Gasteiger partial charge in [-0.1, -0.05) is 0 Å². The molecule has 2 N–H and O–H groups in total. The van der Waals surface area contributed by atoms with Gasteiger partial charge >= 0.3 is 0 Å². The molecule has 0 amide bonds. The van der Waals surface area contributed by atoms with Gasteiger partial charge in [0.1, 0.15) is 0 Å². The van der Waals surface area contributed by atoms with E-state index in [-0.39, 0.29) is 0 Å². The zero-order valence-corrected chi connectivity index (χ0v) is 10.3. The van der Waals surface area contributed by atoms with Gasteiger partial charge in [-0.25, -0.2) is 0 Å². The van der Waals surface area contributed by atoms with Crippen molar-refractivity contribution in [1.82, 2.24) is 4.90 Å². The second-order valence-corrected chi connectivity index (χ2v) is 4.70. The van der Waals surface area contributed by atoms with Crippen LogP contribution >= 0.6 is 11.8 Å². The molecule has 86 valence electrons. The maximum Gasteiger partial charge on any atom is 0.0947 e. The third-order valence-corrected chi connectivity index (χ3v) is 3.21. The molecule has 1 unspecified atom stereocenters. The van der Waals surface area contributed by atoms with Crippen molar-refractivity contribution in [3.8, 4) is 0 Å². The van der Waals surface area contributed by atoms with E-state index in [4.69, 9.17) is 10.2 Å². The molecule has 0 saturated carbocycles. The van der Waals surface area contributed by atoms with Gasteiger partial charge in [0.25, 0.3) is 0 Å². The first-order valence-corrected chi connectivity index (χ1v) is 6.57. The van der Waals surface area contributed by atoms with Gasteiger partial charge in [0.15, 0.2) is 0 Å². The van der Waals surface area contributed by atoms with Crippen molar-refractivity contribution in [1.29, 1.82) is 0 Å². The van der Waals surface area contributed by atoms with Gasteiger partial charge in [0, 0.05) is 24.7 Å². The first-order valence-electron chi connectivity index (χ1n) is 5.18. The van der Waals surface area contributed by atoms with E-state index in [1.165, 1.54) is 5.56 Å². The topological polar surface area (TPSA) is 42.4 Å². The van der Waals surface area contributed by atoms with Crippen LogP contribution in [0.4, 0.5) is 0 Å². The Balaban J connectivity index is 2.39. The molecule has 15 heavy (non-hydrogen) atoms. The summed E-state index contributed by atoms with van der Waals surface area (Å²) in [6, 6.07) is 2.46. The number of nitrogens with zero attached hydrogens (tertiary/aromatic N) is 1. The Morgan fingerprint density at radius 1 is 1.60 bits per heavy atom. The highest BCUT2D eigenvalue weighted by atomic mass is 32.2. The molecule has 0 bridgehead atoms. The average molecular weight is 228 g/mol. The Bertz CT molecular complexity index is 251. The Labute approximate surface area is 96.0 Å². The van der Waals surface area contributed by atoms with Gasteiger partial charge < -0.3 is 10.2 Å². The zero-order valence-electron chi connectivity index (χ0n) is 9.48. The van der Waals surface area contributed by atoms with Crippen LogP contribution < -0.4 is 5.73 Å². The maximum atomic E-state index is 5.77. The van der Waals surface area contributed by atoms with E-state index in [2.05, 4.69) is 18.2 Å². The average Bonchev–Trinajstić information content (AvgIpc) is 2.71. The molecule has 1 heterocycles. The highest BCUT2D eigenvalue weighted by Gasteiger charge is 2.12. The predicted molar refractivity (Wildman–Crippen MR) is 66.0 cm³/mol. The summed E-state index contributed by atoms with van der Waals surface area (Å²) in [5.41, 5.74) is 6.98. The number of hydrogen-bond donors (Lipinski definition) is 1. The van der Waals surface area contributed by atoms with Crippen LogP contribution in [-0.4, -0.2) is 36.5 Å². The first kappa shape index (κ1) is 12.6. The van der Waals surface area contributed by atoms with Crippen LogP contribution in [0.2, 0.25) is 0 Å². The van der Waals surface area contributed by atoms with Crippen molar-refractivity contribution in [2.45, 2.75) is 19.0 Å². The lowest BCUT2D eigenvalue weighted by atomic mass is 10.2. The fourth-order valence-corrected chi connectivity index (χ4v) is 2.08. The lowest BCUT2D eigenvalue weighted by Gasteiger charge is -2.26. The summed E-state index contributed by atoms with van der Waals surface area (Å²) in [4.78, 5) is 2.29. The highest BCUT2D eigenvalue weighted by Crippen LogP contribution is 2.10. The fraction of sp³-hybridized carbons (Fsp3) is 0.636. The van der Waals surface area contributed by atoms with Gasteiger partial charge in [0.2, 0.25) is 0 Å². The molecule has 1 atom stereocenters. The highest BCUT2D eigenvalue weighted by molar-refractivity contribution is 7.98. The van der Waals surface area contributed by atoms with Crippen molar-refractivity contribution in [2.24, 2.45) is 5.73 Å². The van der Waals surface area contributed by atoms with E-state index in [0.29, 0.717) is 6.04 Å². The van der Waals surface area contributed by atoms with Crippen LogP contribution in [0.3, 0.4) is 0 Å². The van der Waals surface area contributed by atoms with Crippen LogP contribution in [-0.2, 0) is 6.54 Å². The van der Waals surface area contributed by atoms with Gasteiger partial charge in [-0.15, -0.1) is 0 Å². The minimum absolute atomic E-state index is 0.465. The van der Waals surface area contributed by atoms with E-state index in [0.717, 1.165) is 25.3 Å². The summed E-state index contributed by atoms with van der Waals surface area (Å²) in [5, 5.41) is 0. The lowest BCUT2D eigenvalue weighted by molar-refractivity contribution is 0.233. The van der Waals surface area contributed by atoms with Crippen molar-refractivity contribution in [3.05, 3.63) is 24.2 Å². The van der Waals surface area contributed by atoms with E-state index in [1.54, 1.807) is 12.5 Å². The van der Waals surface area contributed by atoms with Gasteiger partial charge in [-0.05, 0) is 31.5 Å². The summed E-state index contributed by atoms with van der Waals surface area (Å²) in [6.45, 7) is 1.63. The molecule has 0 saturated heterocycles. The summed E-state index contributed by atoms with van der Waals surface area (Å²) in [6.07, 6.45) is 6.77. The maximum absolute atomic E-state index is 5.77. The van der Waals surface area contributed by atoms with E-state index >= 15 is 0 Å². The number of thioether (sulfide) groups is 1. The molecular weight excluding hydrogens is 208 g/mol. The molecule has 0 radical (unpaired) electrons. The SMILES string of the molecule is CSCCC(CN)N(C)Cc1ccoc1. The molecule has 0 aliphatic heterocycles. The fourth-order valence-electron chi connectivity index (χ4n) is 1.57. The minimum atomic E-state index is 0.465. The van der Waals surface area contributed by atoms with Gasteiger partial charge in [-0.2, -0.15) is 11.8 Å². The number of hydrogen-bond acceptors (Lipinski definition) is 4. The van der Waals surface area contributed by atoms with Crippen molar-refractivity contribution >= 4 is 11.8 Å². The number of likely N-dealkylation sites (N-methyl/N-ethyl adjacent to an activating group) is 1. The quantitative estimate of drug-likeness (QED) is 0.772. The standard InChI is InChI=1S/C11H20N2OS/c1-13(8-10-3-5-14-9-10)11(7-12)4-6-15-2/h3,5,9,11H,4,6-8,12H2,1-2H3. The molecule has 3 nitrogen and oxygen atoms in total. The third-order valence-electron chi connectivity index (χ3n) is 2.56. The molecule has 0 fully saturated rings. The van der Waals surface area contributed by atoms with Crippen LogP contribution in [0.1, 0.15) is 12.0 Å². The normalized spacial score (nSPS) is 13.3. The second-order valence-electron chi connectivity index (χ2n) is 3.72. The molecular formula is C11H20N2OS. The molecule has 1 aromatic heterocycles. The number of nitrogens with two attached hydrogens (primary N) is 1. The van der Waals surface area contributed by atoms with Crippen molar-refractivity contribution < 1.29 is 4.42 Å². The summed E-state index contributed by atoms with van der Waals surface area (Å²) in [7, 11) is 2.12. The van der Waals surface area contributed by atoms with Crippen LogP contribution in [0.5, 0.6) is 0 Å². The number of furan rings is 1. The molecule has 4 heteroatoms. The first-order chi connectivity index (χ1) is 7.27. The largest absolute Gasteiger partial charge is 0.472 e. The van der Waals surface area contributed by atoms with Gasteiger partial charge in [-0.3, -0.25) is 4.90 Å². The Hall–Kier alpha value is -0.450. The summed E-state index contributed by atoms with van der Waals surface area (Å²) >= 11 is 1.87. The van der Waals surface area contributed by atoms with E-state index < -0.39 is 0 Å². The van der Waals surface area contributed by atoms with Crippen molar-refractivity contribution in [2.75, 3.05) is 25.6 Å². The Morgan fingerprint density at radius 3 is 2.93 bits per heavy atom. The van der Waals surface area contributed by atoms with Crippen molar-refractivity contribution in [3.63, 3.8) is 0 Å². The number of rotatable bonds is 7. The van der Waals surface area contributed by atoms with Crippen LogP contribution in [0, 0.1) is 0 Å². The minimum Gasteiger partial charge on any atom is -0.472 e. The molecule has 0 aliphatic rings. The molecule has 1 aromatic rings. The zero-order chi connectivity index (χ0) is 11.1. The summed E-state index contributed by atoms with van der Waals surface area (Å²) < 4.78 is 5.05. The Morgan fingerprint density at radius 2 is 2.40 bits per heavy atom. The van der Waals surface area contributed by atoms with Crippen LogP contribution in [0.25, 0.3) is 0 Å². The molecule has 0 spiro atoms. The monoisotopic (exact) mass is 228 g/mol. The Kier molecular flexibility index (Phi) is 5.83. The van der Waals surface area contributed by atoms with E-state index in [9.17, 15) is 0 Å². The second kappa shape index (κ2) is 6.93. The smallest absolute Gasteiger partial charge is 0.0947 e. The van der Waals surface area contributed by atoms with Gasteiger partial charge in [0.05, 0.1) is 12.5 Å². The lowest BCUT2D eigenvalue weighted by Crippen LogP contribution is -2.37. The third kappa shape index (κ3) is 4.28. The molecule has 0 aromatic carbocycles. The molecule has 0 aliphatic carbocycles. The van der Waals surface area contributed by atoms with Crippen LogP contribution in [0.15, 0.2) is 23.0 Å².